The van der Waals surface area contributed by atoms with Crippen molar-refractivity contribution in [3.63, 3.8) is 0 Å². The Kier molecular flexibility index (Phi) is 5.99. The highest BCUT2D eigenvalue weighted by Crippen LogP contribution is 2.36. The summed E-state index contributed by atoms with van der Waals surface area (Å²) < 4.78 is 11.7. The van der Waals surface area contributed by atoms with Crippen molar-refractivity contribution in [2.24, 2.45) is 0 Å². The van der Waals surface area contributed by atoms with E-state index < -0.39 is 5.97 Å². The fraction of sp³-hybridized carbons (Fsp3) is 0.273. The van der Waals surface area contributed by atoms with Crippen LogP contribution in [-0.4, -0.2) is 29.3 Å². The predicted molar refractivity (Wildman–Crippen MR) is 109 cm³/mol. The minimum atomic E-state index is -1.09. The number of carbonyl (C=O) groups is 1. The van der Waals surface area contributed by atoms with Crippen LogP contribution < -0.4 is 15.2 Å². The van der Waals surface area contributed by atoms with Gasteiger partial charge in [0, 0.05) is 6.42 Å². The summed E-state index contributed by atoms with van der Waals surface area (Å²) in [6.45, 7) is 4.61. The number of fused-ring (bicyclic) bond motifs is 1. The predicted octanol–water partition coefficient (Wildman–Crippen LogP) is 4.23. The Hall–Kier alpha value is -3.28. The molecule has 3 N–H and O–H groups in total. The first-order valence-corrected chi connectivity index (χ1v) is 9.28. The number of rotatable bonds is 8. The van der Waals surface area contributed by atoms with Gasteiger partial charge in [0.2, 0.25) is 0 Å². The van der Waals surface area contributed by atoms with E-state index in [2.05, 4.69) is 4.98 Å². The summed E-state index contributed by atoms with van der Waals surface area (Å²) in [4.78, 5) is 16.0. The summed E-state index contributed by atoms with van der Waals surface area (Å²) in [6, 6.07) is 13.4. The maximum atomic E-state index is 11.6. The van der Waals surface area contributed by atoms with Gasteiger partial charge in [-0.2, -0.15) is 0 Å². The van der Waals surface area contributed by atoms with Crippen molar-refractivity contribution in [2.45, 2.75) is 26.7 Å². The molecule has 0 radical (unpaired) electrons. The van der Waals surface area contributed by atoms with Gasteiger partial charge in [-0.15, -0.1) is 0 Å². The van der Waals surface area contributed by atoms with Gasteiger partial charge in [-0.1, -0.05) is 31.2 Å². The van der Waals surface area contributed by atoms with Gasteiger partial charge < -0.3 is 20.3 Å². The average molecular weight is 380 g/mol. The van der Waals surface area contributed by atoms with E-state index in [1.54, 1.807) is 6.92 Å². The number of carboxylic acids is 1. The van der Waals surface area contributed by atoms with E-state index in [9.17, 15) is 9.90 Å². The van der Waals surface area contributed by atoms with Crippen LogP contribution in [0.3, 0.4) is 0 Å². The lowest BCUT2D eigenvalue weighted by atomic mass is 10.0. The molecule has 3 aromatic rings. The Bertz CT molecular complexity index is 987. The summed E-state index contributed by atoms with van der Waals surface area (Å²) in [6.07, 6.45) is 1.42. The maximum absolute atomic E-state index is 11.6. The lowest BCUT2D eigenvalue weighted by Gasteiger charge is -2.17. The Labute approximate surface area is 163 Å². The molecular formula is C22H24N2O4. The third kappa shape index (κ3) is 4.01. The summed E-state index contributed by atoms with van der Waals surface area (Å²) in [5.41, 5.74) is 8.44. The molecule has 0 amide bonds. The number of nitrogen functional groups attached to an aromatic ring is 1. The molecule has 0 aliphatic rings. The minimum absolute atomic E-state index is 0.0259. The van der Waals surface area contributed by atoms with Crippen molar-refractivity contribution in [2.75, 3.05) is 18.9 Å². The summed E-state index contributed by atoms with van der Waals surface area (Å²) in [5, 5.41) is 10.1. The molecule has 6 heteroatoms. The second kappa shape index (κ2) is 8.61. The fourth-order valence-corrected chi connectivity index (χ4v) is 3.18. The smallest absolute Gasteiger partial charge is 0.339 e. The fourth-order valence-electron chi connectivity index (χ4n) is 3.18. The van der Waals surface area contributed by atoms with E-state index in [0.29, 0.717) is 42.0 Å². The molecule has 2 aromatic carbocycles. The van der Waals surface area contributed by atoms with E-state index in [1.165, 1.54) is 0 Å². The molecule has 0 atom stereocenters. The molecule has 28 heavy (non-hydrogen) atoms. The number of nitrogens with two attached hydrogens (primary N) is 1. The van der Waals surface area contributed by atoms with E-state index in [0.717, 1.165) is 17.7 Å². The van der Waals surface area contributed by atoms with Crippen LogP contribution in [0.15, 0.2) is 42.5 Å². The second-order valence-corrected chi connectivity index (χ2v) is 6.46. The van der Waals surface area contributed by atoms with E-state index in [-0.39, 0.29) is 11.3 Å². The lowest BCUT2D eigenvalue weighted by molar-refractivity contribution is 0.0697. The highest BCUT2D eigenvalue weighted by Gasteiger charge is 2.20. The van der Waals surface area contributed by atoms with Crippen molar-refractivity contribution in [3.05, 3.63) is 59.3 Å². The molecule has 0 aliphatic carbocycles. The Balaban J connectivity index is 1.82. The number of ether oxygens (including phenoxy) is 2. The standard InChI is InChI=1S/C22H24N2O4/c1-3-15-10-11-17-19(20(23)18(22(25)26)14(2)24-17)21(15)28-13-7-12-27-16-8-5-4-6-9-16/h4-6,8-11H,3,7,12-13H2,1-2H3,(H2,23,24)(H,25,26). The Morgan fingerprint density at radius 3 is 2.50 bits per heavy atom. The number of hydrogen-bond donors (Lipinski definition) is 2. The summed E-state index contributed by atoms with van der Waals surface area (Å²) >= 11 is 0. The molecule has 0 aliphatic heterocycles. The molecule has 1 heterocycles. The van der Waals surface area contributed by atoms with Crippen LogP contribution >= 0.6 is 0 Å². The van der Waals surface area contributed by atoms with Crippen LogP contribution in [0, 0.1) is 6.92 Å². The summed E-state index contributed by atoms with van der Waals surface area (Å²) in [5.74, 6) is 0.331. The molecule has 0 bridgehead atoms. The van der Waals surface area contributed by atoms with Gasteiger partial charge in [-0.05, 0) is 37.1 Å². The molecular weight excluding hydrogens is 356 g/mol. The van der Waals surface area contributed by atoms with Gasteiger partial charge >= 0.3 is 5.97 Å². The quantitative estimate of drug-likeness (QED) is 0.568. The van der Waals surface area contributed by atoms with Gasteiger partial charge in [0.05, 0.1) is 35.5 Å². The van der Waals surface area contributed by atoms with Crippen LogP contribution in [0.4, 0.5) is 5.69 Å². The number of aromatic carboxylic acids is 1. The molecule has 0 spiro atoms. The van der Waals surface area contributed by atoms with E-state index >= 15 is 0 Å². The number of aromatic nitrogens is 1. The van der Waals surface area contributed by atoms with Crippen molar-refractivity contribution in [3.8, 4) is 11.5 Å². The van der Waals surface area contributed by atoms with Gasteiger partial charge in [0.1, 0.15) is 17.1 Å². The van der Waals surface area contributed by atoms with Crippen molar-refractivity contribution in [1.82, 2.24) is 4.98 Å². The zero-order valence-electron chi connectivity index (χ0n) is 16.1. The molecule has 3 rings (SSSR count). The Morgan fingerprint density at radius 2 is 1.82 bits per heavy atom. The Morgan fingerprint density at radius 1 is 1.11 bits per heavy atom. The number of anilines is 1. The number of para-hydroxylation sites is 1. The third-order valence-corrected chi connectivity index (χ3v) is 4.55. The molecule has 1 aromatic heterocycles. The number of benzene rings is 2. The second-order valence-electron chi connectivity index (χ2n) is 6.46. The first-order chi connectivity index (χ1) is 13.5. The number of hydrogen-bond acceptors (Lipinski definition) is 5. The van der Waals surface area contributed by atoms with Gasteiger partial charge in [0.25, 0.3) is 0 Å². The number of aryl methyl sites for hydroxylation is 2. The highest BCUT2D eigenvalue weighted by atomic mass is 16.5. The van der Waals surface area contributed by atoms with E-state index in [1.807, 2.05) is 49.4 Å². The molecule has 0 fully saturated rings. The largest absolute Gasteiger partial charge is 0.493 e. The molecule has 0 unspecified atom stereocenters. The number of carboxylic acid groups (broad SMARTS) is 1. The number of nitrogens with zero attached hydrogens (tertiary/aromatic N) is 1. The topological polar surface area (TPSA) is 94.7 Å². The maximum Gasteiger partial charge on any atom is 0.339 e. The van der Waals surface area contributed by atoms with Gasteiger partial charge in [-0.3, -0.25) is 4.98 Å². The van der Waals surface area contributed by atoms with Crippen LogP contribution in [0.5, 0.6) is 11.5 Å². The van der Waals surface area contributed by atoms with Crippen LogP contribution in [0.1, 0.15) is 35.0 Å². The highest BCUT2D eigenvalue weighted by molar-refractivity contribution is 6.07. The van der Waals surface area contributed by atoms with Gasteiger partial charge in [0.15, 0.2) is 0 Å². The zero-order chi connectivity index (χ0) is 20.1. The van der Waals surface area contributed by atoms with Crippen molar-refractivity contribution in [1.29, 1.82) is 0 Å². The monoisotopic (exact) mass is 380 g/mol. The first kappa shape index (κ1) is 19.5. The van der Waals surface area contributed by atoms with Crippen molar-refractivity contribution < 1.29 is 19.4 Å². The third-order valence-electron chi connectivity index (χ3n) is 4.55. The van der Waals surface area contributed by atoms with E-state index in [4.69, 9.17) is 15.2 Å². The summed E-state index contributed by atoms with van der Waals surface area (Å²) in [7, 11) is 0. The molecule has 6 nitrogen and oxygen atoms in total. The minimum Gasteiger partial charge on any atom is -0.493 e. The number of pyridine rings is 1. The normalized spacial score (nSPS) is 10.8. The lowest BCUT2D eigenvalue weighted by Crippen LogP contribution is -2.10. The molecule has 0 saturated heterocycles. The van der Waals surface area contributed by atoms with Crippen LogP contribution in [-0.2, 0) is 6.42 Å². The molecule has 0 saturated carbocycles. The van der Waals surface area contributed by atoms with Crippen LogP contribution in [0.2, 0.25) is 0 Å². The SMILES string of the molecule is CCc1ccc2nc(C)c(C(=O)O)c(N)c2c1OCCCOc1ccccc1. The zero-order valence-corrected chi connectivity index (χ0v) is 16.1. The average Bonchev–Trinajstić information content (AvgIpc) is 2.68. The van der Waals surface area contributed by atoms with Crippen LogP contribution in [0.25, 0.3) is 10.9 Å². The molecule has 146 valence electrons. The van der Waals surface area contributed by atoms with Gasteiger partial charge in [-0.25, -0.2) is 4.79 Å². The first-order valence-electron chi connectivity index (χ1n) is 9.28. The van der Waals surface area contributed by atoms with Crippen molar-refractivity contribution >= 4 is 22.6 Å².